The molecular weight excluding hydrogens is 268 g/mol. The number of nitrogens with zero attached hydrogens (tertiary/aromatic N) is 5. The van der Waals surface area contributed by atoms with Gasteiger partial charge in [-0.3, -0.25) is 5.43 Å². The van der Waals surface area contributed by atoms with Gasteiger partial charge in [0.25, 0.3) is 0 Å². The van der Waals surface area contributed by atoms with Gasteiger partial charge >= 0.3 is 0 Å². The van der Waals surface area contributed by atoms with Gasteiger partial charge in [-0.2, -0.15) is 15.0 Å². The highest BCUT2D eigenvalue weighted by molar-refractivity contribution is 5.43. The molecule has 1 saturated heterocycles. The number of hydrogen-bond donors (Lipinski definition) is 3. The number of hydrogen-bond acceptors (Lipinski definition) is 8. The van der Waals surface area contributed by atoms with Gasteiger partial charge in [-0.15, -0.1) is 0 Å². The third-order valence-corrected chi connectivity index (χ3v) is 3.77. The van der Waals surface area contributed by atoms with E-state index in [4.69, 9.17) is 5.84 Å². The zero-order chi connectivity index (χ0) is 15.2. The van der Waals surface area contributed by atoms with Gasteiger partial charge in [0.2, 0.25) is 17.8 Å². The Kier molecular flexibility index (Phi) is 5.51. The van der Waals surface area contributed by atoms with Gasteiger partial charge in [0, 0.05) is 32.2 Å². The molecule has 0 aliphatic carbocycles. The van der Waals surface area contributed by atoms with Crippen molar-refractivity contribution in [3.63, 3.8) is 0 Å². The fourth-order valence-electron chi connectivity index (χ4n) is 2.17. The molecular formula is C13H26N8. The molecule has 118 valence electrons. The normalized spacial score (nSPS) is 15.0. The van der Waals surface area contributed by atoms with Crippen molar-refractivity contribution >= 4 is 17.8 Å². The first kappa shape index (κ1) is 15.7. The summed E-state index contributed by atoms with van der Waals surface area (Å²) in [5, 5.41) is 3.24. The van der Waals surface area contributed by atoms with Crippen LogP contribution < -0.4 is 21.5 Å². The van der Waals surface area contributed by atoms with E-state index in [0.717, 1.165) is 26.2 Å². The van der Waals surface area contributed by atoms with E-state index >= 15 is 0 Å². The van der Waals surface area contributed by atoms with E-state index in [9.17, 15) is 0 Å². The maximum absolute atomic E-state index is 5.45. The highest BCUT2D eigenvalue weighted by Gasteiger charge is 2.17. The highest BCUT2D eigenvalue weighted by Crippen LogP contribution is 2.18. The van der Waals surface area contributed by atoms with E-state index in [1.807, 2.05) is 0 Å². The monoisotopic (exact) mass is 294 g/mol. The molecule has 4 N–H and O–H groups in total. The second-order valence-electron chi connectivity index (χ2n) is 5.62. The minimum atomic E-state index is 0.395. The van der Waals surface area contributed by atoms with Crippen LogP contribution in [0.3, 0.4) is 0 Å². The van der Waals surface area contributed by atoms with Crippen LogP contribution in [0.5, 0.6) is 0 Å². The first-order chi connectivity index (χ1) is 10.1. The fraction of sp³-hybridized carbons (Fsp3) is 0.769. The van der Waals surface area contributed by atoms with Crippen molar-refractivity contribution in [3.8, 4) is 0 Å². The summed E-state index contributed by atoms with van der Waals surface area (Å²) in [6.45, 7) is 8.03. The maximum Gasteiger partial charge on any atom is 0.243 e. The Bertz CT molecular complexity index is 444. The first-order valence-electron chi connectivity index (χ1n) is 7.52. The van der Waals surface area contributed by atoms with Crippen LogP contribution in [-0.2, 0) is 0 Å². The van der Waals surface area contributed by atoms with E-state index < -0.39 is 0 Å². The molecule has 0 amide bonds. The molecule has 1 fully saturated rings. The average Bonchev–Trinajstić information content (AvgIpc) is 3.01. The summed E-state index contributed by atoms with van der Waals surface area (Å²) in [6.07, 6.45) is 2.36. The van der Waals surface area contributed by atoms with Crippen LogP contribution in [0.4, 0.5) is 17.8 Å². The Morgan fingerprint density at radius 1 is 1.19 bits per heavy atom. The zero-order valence-corrected chi connectivity index (χ0v) is 13.1. The van der Waals surface area contributed by atoms with Crippen molar-refractivity contribution in [2.24, 2.45) is 5.84 Å². The number of nitrogen functional groups attached to an aromatic ring is 1. The van der Waals surface area contributed by atoms with E-state index in [2.05, 4.69) is 56.4 Å². The Balaban J connectivity index is 1.99. The molecule has 8 heteroatoms. The minimum absolute atomic E-state index is 0.395. The zero-order valence-electron chi connectivity index (χ0n) is 13.1. The molecule has 1 aliphatic heterocycles. The minimum Gasteiger partial charge on any atom is -0.353 e. The molecule has 1 aromatic rings. The van der Waals surface area contributed by atoms with Crippen molar-refractivity contribution in [3.05, 3.63) is 0 Å². The first-order valence-corrected chi connectivity index (χ1v) is 7.52. The Morgan fingerprint density at radius 3 is 2.48 bits per heavy atom. The topological polar surface area (TPSA) is 95.2 Å². The Hall–Kier alpha value is -1.67. The number of anilines is 3. The molecule has 2 rings (SSSR count). The molecule has 0 atom stereocenters. The summed E-state index contributed by atoms with van der Waals surface area (Å²) in [4.78, 5) is 17.5. The summed E-state index contributed by atoms with van der Waals surface area (Å²) >= 11 is 0. The standard InChI is InChI=1S/C13H26N8/c1-10(2)20(3)9-6-15-11-16-12(19-14)18-13(17-11)21-7-4-5-8-21/h10H,4-9,14H2,1-3H3,(H2,15,16,17,18,19). The van der Waals surface area contributed by atoms with Gasteiger partial charge in [0.15, 0.2) is 0 Å². The van der Waals surface area contributed by atoms with Crippen LogP contribution in [0.25, 0.3) is 0 Å². The number of nitrogens with one attached hydrogen (secondary N) is 2. The molecule has 0 radical (unpaired) electrons. The van der Waals surface area contributed by atoms with Crippen LogP contribution in [0.15, 0.2) is 0 Å². The summed E-state index contributed by atoms with van der Waals surface area (Å²) in [7, 11) is 2.10. The van der Waals surface area contributed by atoms with Crippen LogP contribution >= 0.6 is 0 Å². The summed E-state index contributed by atoms with van der Waals surface area (Å²) in [5.41, 5.74) is 2.51. The van der Waals surface area contributed by atoms with Crippen LogP contribution in [-0.4, -0.2) is 59.1 Å². The number of aromatic nitrogens is 3. The number of likely N-dealkylation sites (N-methyl/N-ethyl adjacent to an activating group) is 1. The molecule has 0 unspecified atom stereocenters. The molecule has 0 aromatic carbocycles. The lowest BCUT2D eigenvalue weighted by atomic mass is 10.3. The van der Waals surface area contributed by atoms with E-state index in [1.54, 1.807) is 0 Å². The van der Waals surface area contributed by atoms with E-state index in [-0.39, 0.29) is 0 Å². The molecule has 0 bridgehead atoms. The average molecular weight is 294 g/mol. The van der Waals surface area contributed by atoms with E-state index in [0.29, 0.717) is 23.9 Å². The number of nitrogens with two attached hydrogens (primary N) is 1. The number of hydrazine groups is 1. The van der Waals surface area contributed by atoms with Gasteiger partial charge in [-0.05, 0) is 33.7 Å². The Morgan fingerprint density at radius 2 is 1.86 bits per heavy atom. The van der Waals surface area contributed by atoms with Crippen LogP contribution in [0.1, 0.15) is 26.7 Å². The van der Waals surface area contributed by atoms with Gasteiger partial charge in [0.05, 0.1) is 0 Å². The Labute approximate surface area is 126 Å². The highest BCUT2D eigenvalue weighted by atomic mass is 15.4. The quantitative estimate of drug-likeness (QED) is 0.494. The maximum atomic E-state index is 5.45. The molecule has 0 saturated carbocycles. The van der Waals surface area contributed by atoms with Gasteiger partial charge in [-0.25, -0.2) is 5.84 Å². The summed E-state index contributed by atoms with van der Waals surface area (Å²) in [5.74, 6) is 7.10. The SMILES string of the molecule is CC(C)N(C)CCNc1nc(NN)nc(N2CCCC2)n1. The summed E-state index contributed by atoms with van der Waals surface area (Å²) in [6, 6.07) is 0.520. The lowest BCUT2D eigenvalue weighted by molar-refractivity contribution is 0.284. The van der Waals surface area contributed by atoms with Crippen molar-refractivity contribution in [2.45, 2.75) is 32.7 Å². The molecule has 8 nitrogen and oxygen atoms in total. The molecule has 2 heterocycles. The molecule has 21 heavy (non-hydrogen) atoms. The van der Waals surface area contributed by atoms with Crippen molar-refractivity contribution in [1.29, 1.82) is 0 Å². The lowest BCUT2D eigenvalue weighted by Crippen LogP contribution is -2.31. The summed E-state index contributed by atoms with van der Waals surface area (Å²) < 4.78 is 0. The van der Waals surface area contributed by atoms with E-state index in [1.165, 1.54) is 12.8 Å². The van der Waals surface area contributed by atoms with Crippen molar-refractivity contribution in [1.82, 2.24) is 19.9 Å². The molecule has 1 aliphatic rings. The van der Waals surface area contributed by atoms with Crippen molar-refractivity contribution < 1.29 is 0 Å². The molecule has 0 spiro atoms. The van der Waals surface area contributed by atoms with Crippen LogP contribution in [0.2, 0.25) is 0 Å². The largest absolute Gasteiger partial charge is 0.353 e. The predicted octanol–water partition coefficient (Wildman–Crippen LogP) is 0.510. The van der Waals surface area contributed by atoms with Gasteiger partial charge < -0.3 is 15.1 Å². The van der Waals surface area contributed by atoms with Crippen molar-refractivity contribution in [2.75, 3.05) is 48.9 Å². The molecule has 1 aromatic heterocycles. The third kappa shape index (κ3) is 4.40. The van der Waals surface area contributed by atoms with Gasteiger partial charge in [0.1, 0.15) is 0 Å². The fourth-order valence-corrected chi connectivity index (χ4v) is 2.17. The van der Waals surface area contributed by atoms with Crippen LogP contribution in [0, 0.1) is 0 Å². The third-order valence-electron chi connectivity index (χ3n) is 3.77. The smallest absolute Gasteiger partial charge is 0.243 e. The predicted molar refractivity (Wildman–Crippen MR) is 85.3 cm³/mol. The van der Waals surface area contributed by atoms with Gasteiger partial charge in [-0.1, -0.05) is 0 Å². The lowest BCUT2D eigenvalue weighted by Gasteiger charge is -2.21. The number of rotatable bonds is 7. The second-order valence-corrected chi connectivity index (χ2v) is 5.62. The second kappa shape index (κ2) is 7.37.